The van der Waals surface area contributed by atoms with E-state index in [9.17, 15) is 0 Å². The zero-order chi connectivity index (χ0) is 9.42. The Bertz CT molecular complexity index is 457. The molecule has 0 bridgehead atoms. The van der Waals surface area contributed by atoms with E-state index in [4.69, 9.17) is 5.73 Å². The van der Waals surface area contributed by atoms with Crippen LogP contribution in [0.3, 0.4) is 0 Å². The Morgan fingerprint density at radius 1 is 0.923 bits per heavy atom. The fraction of sp³-hybridized carbons (Fsp3) is 0. The third kappa shape index (κ3) is 1.46. The van der Waals surface area contributed by atoms with Gasteiger partial charge in [0.05, 0.1) is 0 Å². The van der Waals surface area contributed by atoms with Crippen LogP contribution in [0.5, 0.6) is 0 Å². The van der Waals surface area contributed by atoms with Crippen LogP contribution in [0.25, 0.3) is 10.8 Å². The summed E-state index contributed by atoms with van der Waals surface area (Å²) in [5.41, 5.74) is 6.67. The minimum atomic E-state index is 0.797. The quantitative estimate of drug-likeness (QED) is 0.733. The number of nitrogen functional groups attached to an aromatic ring is 1. The summed E-state index contributed by atoms with van der Waals surface area (Å²) >= 11 is 6.97. The summed E-state index contributed by atoms with van der Waals surface area (Å²) in [4.78, 5) is 0. The lowest BCUT2D eigenvalue weighted by Crippen LogP contribution is -1.87. The summed E-state index contributed by atoms with van der Waals surface area (Å²) in [6.45, 7) is 0. The molecule has 13 heavy (non-hydrogen) atoms. The molecular formula is C10H7Br2N. The minimum Gasteiger partial charge on any atom is -0.398 e. The standard InChI is InChI=1S/C10H7Br2N/c11-7-4-5-9(13)10-6(7)2-1-3-8(10)12/h1-5H,13H2. The molecule has 0 saturated heterocycles. The first kappa shape index (κ1) is 9.03. The SMILES string of the molecule is Nc1ccc(Br)c2cccc(Br)c12. The Balaban J connectivity index is 3.00. The highest BCUT2D eigenvalue weighted by molar-refractivity contribution is 9.11. The molecule has 2 N–H and O–H groups in total. The summed E-state index contributed by atoms with van der Waals surface area (Å²) in [5, 5.41) is 2.20. The third-order valence-electron chi connectivity index (χ3n) is 1.97. The highest BCUT2D eigenvalue weighted by atomic mass is 79.9. The van der Waals surface area contributed by atoms with Crippen molar-refractivity contribution in [3.8, 4) is 0 Å². The van der Waals surface area contributed by atoms with Crippen molar-refractivity contribution in [1.82, 2.24) is 0 Å². The van der Waals surface area contributed by atoms with E-state index in [1.807, 2.05) is 30.3 Å². The number of anilines is 1. The Morgan fingerprint density at radius 3 is 2.38 bits per heavy atom. The molecule has 2 aromatic rings. The van der Waals surface area contributed by atoms with Crippen LogP contribution in [0.15, 0.2) is 39.3 Å². The first-order valence-electron chi connectivity index (χ1n) is 3.82. The van der Waals surface area contributed by atoms with Crippen molar-refractivity contribution in [2.75, 3.05) is 5.73 Å². The van der Waals surface area contributed by atoms with E-state index in [1.165, 1.54) is 0 Å². The number of hydrogen-bond donors (Lipinski definition) is 1. The monoisotopic (exact) mass is 299 g/mol. The van der Waals surface area contributed by atoms with Crippen LogP contribution in [0.4, 0.5) is 5.69 Å². The zero-order valence-corrected chi connectivity index (χ0v) is 9.89. The van der Waals surface area contributed by atoms with Gasteiger partial charge in [0, 0.05) is 20.0 Å². The van der Waals surface area contributed by atoms with Gasteiger partial charge in [-0.15, -0.1) is 0 Å². The fourth-order valence-corrected chi connectivity index (χ4v) is 2.41. The Kier molecular flexibility index (Phi) is 2.30. The lowest BCUT2D eigenvalue weighted by molar-refractivity contribution is 1.67. The van der Waals surface area contributed by atoms with E-state index in [1.54, 1.807) is 0 Å². The van der Waals surface area contributed by atoms with Crippen LogP contribution in [-0.2, 0) is 0 Å². The summed E-state index contributed by atoms with van der Waals surface area (Å²) in [5.74, 6) is 0. The first-order chi connectivity index (χ1) is 6.20. The number of halogens is 2. The van der Waals surface area contributed by atoms with Gasteiger partial charge in [-0.05, 0) is 23.6 Å². The summed E-state index contributed by atoms with van der Waals surface area (Å²) in [6.07, 6.45) is 0. The normalized spacial score (nSPS) is 10.6. The van der Waals surface area contributed by atoms with Crippen molar-refractivity contribution in [3.63, 3.8) is 0 Å². The molecule has 1 nitrogen and oxygen atoms in total. The first-order valence-corrected chi connectivity index (χ1v) is 5.41. The molecule has 0 saturated carbocycles. The van der Waals surface area contributed by atoms with Gasteiger partial charge in [0.2, 0.25) is 0 Å². The van der Waals surface area contributed by atoms with Gasteiger partial charge < -0.3 is 5.73 Å². The van der Waals surface area contributed by atoms with Gasteiger partial charge in [0.1, 0.15) is 0 Å². The number of fused-ring (bicyclic) bond motifs is 1. The average molecular weight is 301 g/mol. The molecule has 0 aromatic heterocycles. The van der Waals surface area contributed by atoms with Gasteiger partial charge in [-0.2, -0.15) is 0 Å². The maximum atomic E-state index is 5.88. The zero-order valence-electron chi connectivity index (χ0n) is 6.72. The smallest absolute Gasteiger partial charge is 0.0405 e. The van der Waals surface area contributed by atoms with Crippen LogP contribution in [-0.4, -0.2) is 0 Å². The number of benzene rings is 2. The molecule has 0 fully saturated rings. The van der Waals surface area contributed by atoms with Crippen LogP contribution < -0.4 is 5.73 Å². The van der Waals surface area contributed by atoms with E-state index < -0.39 is 0 Å². The average Bonchev–Trinajstić information content (AvgIpc) is 2.12. The molecule has 2 aromatic carbocycles. The number of hydrogen-bond acceptors (Lipinski definition) is 1. The number of nitrogens with two attached hydrogens (primary N) is 1. The van der Waals surface area contributed by atoms with Crippen LogP contribution in [0, 0.1) is 0 Å². The van der Waals surface area contributed by atoms with Gasteiger partial charge in [0.25, 0.3) is 0 Å². The second kappa shape index (κ2) is 3.31. The van der Waals surface area contributed by atoms with Crippen molar-refractivity contribution in [2.24, 2.45) is 0 Å². The van der Waals surface area contributed by atoms with Crippen molar-refractivity contribution >= 4 is 48.3 Å². The molecule has 2 rings (SSSR count). The highest BCUT2D eigenvalue weighted by Gasteiger charge is 2.04. The van der Waals surface area contributed by atoms with Crippen molar-refractivity contribution < 1.29 is 0 Å². The van der Waals surface area contributed by atoms with E-state index in [0.29, 0.717) is 0 Å². The molecule has 0 aliphatic carbocycles. The molecule has 0 unspecified atom stereocenters. The van der Waals surface area contributed by atoms with Crippen LogP contribution in [0.1, 0.15) is 0 Å². The highest BCUT2D eigenvalue weighted by Crippen LogP contribution is 2.33. The second-order valence-electron chi connectivity index (χ2n) is 2.80. The van der Waals surface area contributed by atoms with Crippen LogP contribution in [0.2, 0.25) is 0 Å². The third-order valence-corrected chi connectivity index (χ3v) is 3.32. The van der Waals surface area contributed by atoms with Gasteiger partial charge in [-0.1, -0.05) is 44.0 Å². The van der Waals surface area contributed by atoms with Gasteiger partial charge >= 0.3 is 0 Å². The largest absolute Gasteiger partial charge is 0.398 e. The maximum Gasteiger partial charge on any atom is 0.0405 e. The second-order valence-corrected chi connectivity index (χ2v) is 4.51. The molecule has 3 heteroatoms. The lowest BCUT2D eigenvalue weighted by Gasteiger charge is -2.05. The Hall–Kier alpha value is -0.540. The molecule has 66 valence electrons. The van der Waals surface area contributed by atoms with E-state index in [-0.39, 0.29) is 0 Å². The van der Waals surface area contributed by atoms with Gasteiger partial charge in [0.15, 0.2) is 0 Å². The van der Waals surface area contributed by atoms with Crippen molar-refractivity contribution in [3.05, 3.63) is 39.3 Å². The topological polar surface area (TPSA) is 26.0 Å². The van der Waals surface area contributed by atoms with Crippen LogP contribution >= 0.6 is 31.9 Å². The molecule has 0 atom stereocenters. The molecule has 0 spiro atoms. The lowest BCUT2D eigenvalue weighted by atomic mass is 10.1. The molecular weight excluding hydrogens is 294 g/mol. The van der Waals surface area contributed by atoms with Gasteiger partial charge in [-0.25, -0.2) is 0 Å². The van der Waals surface area contributed by atoms with Crippen molar-refractivity contribution in [2.45, 2.75) is 0 Å². The fourth-order valence-electron chi connectivity index (χ4n) is 1.35. The molecule has 0 aliphatic rings. The Morgan fingerprint density at radius 2 is 1.69 bits per heavy atom. The predicted octanol–water partition coefficient (Wildman–Crippen LogP) is 3.95. The number of rotatable bonds is 0. The summed E-state index contributed by atoms with van der Waals surface area (Å²) in [6, 6.07) is 9.89. The molecule has 0 heterocycles. The molecule has 0 amide bonds. The summed E-state index contributed by atoms with van der Waals surface area (Å²) in [7, 11) is 0. The minimum absolute atomic E-state index is 0.797. The van der Waals surface area contributed by atoms with Gasteiger partial charge in [-0.3, -0.25) is 0 Å². The Labute approximate surface area is 93.2 Å². The molecule has 0 radical (unpaired) electrons. The molecule has 0 aliphatic heterocycles. The summed E-state index contributed by atoms with van der Waals surface area (Å²) < 4.78 is 2.10. The van der Waals surface area contributed by atoms with Crippen molar-refractivity contribution in [1.29, 1.82) is 0 Å². The van der Waals surface area contributed by atoms with E-state index in [2.05, 4.69) is 31.9 Å². The van der Waals surface area contributed by atoms with E-state index in [0.717, 1.165) is 25.4 Å². The maximum absolute atomic E-state index is 5.88. The van der Waals surface area contributed by atoms with E-state index >= 15 is 0 Å². The predicted molar refractivity (Wildman–Crippen MR) is 63.8 cm³/mol.